The van der Waals surface area contributed by atoms with Crippen LogP contribution in [-0.2, 0) is 21.9 Å². The van der Waals surface area contributed by atoms with Gasteiger partial charge in [0.25, 0.3) is 0 Å². The molecule has 0 bridgehead atoms. The molecule has 6 N–H and O–H groups in total. The fourth-order valence-corrected chi connectivity index (χ4v) is 0.668. The third-order valence-corrected chi connectivity index (χ3v) is 1.51. The molecule has 87 valence electrons. The van der Waals surface area contributed by atoms with Gasteiger partial charge in [0.2, 0.25) is 0 Å². The molecule has 0 spiro atoms. The molecule has 0 rings (SSSR count). The van der Waals surface area contributed by atoms with E-state index in [1.165, 1.54) is 0 Å². The van der Waals surface area contributed by atoms with Crippen molar-refractivity contribution in [2.75, 3.05) is 6.61 Å². The molecule has 0 saturated heterocycles. The van der Waals surface area contributed by atoms with Crippen molar-refractivity contribution in [2.45, 2.75) is 24.4 Å². The molecule has 0 aliphatic heterocycles. The third kappa shape index (κ3) is 6.85. The van der Waals surface area contributed by atoms with Gasteiger partial charge in [-0.15, -0.1) is 0 Å². The van der Waals surface area contributed by atoms with E-state index in [2.05, 4.69) is 0 Å². The van der Waals surface area contributed by atoms with Gasteiger partial charge < -0.3 is 30.6 Å². The van der Waals surface area contributed by atoms with Crippen LogP contribution in [0.1, 0.15) is 0 Å². The van der Waals surface area contributed by atoms with Crippen molar-refractivity contribution in [3.05, 3.63) is 0 Å². The molecule has 7 nitrogen and oxygen atoms in total. The van der Waals surface area contributed by atoms with Crippen LogP contribution in [0.3, 0.4) is 0 Å². The van der Waals surface area contributed by atoms with E-state index in [-0.39, 0.29) is 46.6 Å². The average molecular weight is 275 g/mol. The molecule has 0 heterocycles. The predicted molar refractivity (Wildman–Crippen MR) is 45.9 cm³/mol. The Kier molecular flexibility index (Phi) is 14.0. The molecule has 0 fully saturated rings. The minimum absolute atomic E-state index is 0. The Hall–Kier alpha value is 0.789. The Morgan fingerprint density at radius 1 is 1.07 bits per heavy atom. The van der Waals surface area contributed by atoms with Gasteiger partial charge in [-0.2, -0.15) is 0 Å². The molecule has 0 saturated carbocycles. The van der Waals surface area contributed by atoms with E-state index in [1.807, 2.05) is 0 Å². The van der Waals surface area contributed by atoms with E-state index in [4.69, 9.17) is 30.6 Å². The van der Waals surface area contributed by atoms with Gasteiger partial charge in [0, 0.05) is 17.1 Å². The quantitative estimate of drug-likeness (QED) is 0.280. The Labute approximate surface area is 118 Å². The normalized spacial score (nSPS) is 17.7. The maximum absolute atomic E-state index is 10.1. The molecule has 0 aromatic rings. The van der Waals surface area contributed by atoms with Crippen LogP contribution in [0.2, 0.25) is 0 Å². The number of hydrogen-bond acceptors (Lipinski definition) is 6. The molecule has 15 heavy (non-hydrogen) atoms. The summed E-state index contributed by atoms with van der Waals surface area (Å²) in [7, 11) is 0. The van der Waals surface area contributed by atoms with Crippen LogP contribution in [0.15, 0.2) is 0 Å². The fourth-order valence-electron chi connectivity index (χ4n) is 0.668. The van der Waals surface area contributed by atoms with Crippen LogP contribution in [0.5, 0.6) is 0 Å². The number of hydrogen-bond donors (Lipinski definition) is 6. The van der Waals surface area contributed by atoms with Gasteiger partial charge in [-0.25, -0.2) is 4.79 Å². The zero-order valence-corrected chi connectivity index (χ0v) is 8.17. The van der Waals surface area contributed by atoms with E-state index >= 15 is 0 Å². The first-order valence-electron chi connectivity index (χ1n) is 3.47. The second-order valence-corrected chi connectivity index (χ2v) is 2.51. The topological polar surface area (TPSA) is 138 Å². The van der Waals surface area contributed by atoms with Crippen molar-refractivity contribution in [3.8, 4) is 0 Å². The van der Waals surface area contributed by atoms with E-state index in [0.29, 0.717) is 0 Å². The van der Waals surface area contributed by atoms with Crippen molar-refractivity contribution in [3.63, 3.8) is 0 Å². The number of carbonyl (C=O) groups is 1. The molecule has 0 aliphatic carbocycles. The van der Waals surface area contributed by atoms with Crippen LogP contribution in [0.25, 0.3) is 0 Å². The molecular weight excluding hydrogens is 262 g/mol. The Morgan fingerprint density at radius 3 is 1.73 bits per heavy atom. The summed E-state index contributed by atoms with van der Waals surface area (Å²) in [4.78, 5) is 10.1. The summed E-state index contributed by atoms with van der Waals surface area (Å²) >= 11 is 0. The molecule has 0 unspecified atom stereocenters. The fraction of sp³-hybridized carbons (Fsp3) is 0.833. The summed E-state index contributed by atoms with van der Waals surface area (Å²) in [6, 6.07) is 0. The first-order chi connectivity index (χ1) is 5.91. The molecular formula is C6H13MnNaO7. The summed E-state index contributed by atoms with van der Waals surface area (Å²) in [6.45, 7) is -0.843. The molecule has 0 aromatic carbocycles. The van der Waals surface area contributed by atoms with Crippen LogP contribution in [0, 0.1) is 0 Å². The van der Waals surface area contributed by atoms with Crippen molar-refractivity contribution in [2.24, 2.45) is 0 Å². The second kappa shape index (κ2) is 9.98. The molecule has 0 amide bonds. The van der Waals surface area contributed by atoms with E-state index in [9.17, 15) is 4.79 Å². The number of aliphatic hydroxyl groups excluding tert-OH is 5. The molecule has 4 atom stereocenters. The van der Waals surface area contributed by atoms with Gasteiger partial charge >= 0.3 is 35.5 Å². The van der Waals surface area contributed by atoms with Crippen molar-refractivity contribution in [1.82, 2.24) is 0 Å². The van der Waals surface area contributed by atoms with Crippen LogP contribution >= 0.6 is 0 Å². The van der Waals surface area contributed by atoms with Gasteiger partial charge in [0.1, 0.15) is 18.3 Å². The van der Waals surface area contributed by atoms with Gasteiger partial charge in [-0.3, -0.25) is 0 Å². The zero-order valence-electron chi connectivity index (χ0n) is 6.99. The monoisotopic (exact) mass is 275 g/mol. The van der Waals surface area contributed by atoms with Crippen LogP contribution < -0.4 is 0 Å². The second-order valence-electron chi connectivity index (χ2n) is 2.51. The molecule has 0 aromatic heterocycles. The number of rotatable bonds is 5. The van der Waals surface area contributed by atoms with Crippen molar-refractivity contribution < 1.29 is 52.5 Å². The van der Waals surface area contributed by atoms with Gasteiger partial charge in [-0.05, 0) is 0 Å². The molecule has 1 radical (unpaired) electrons. The Morgan fingerprint density at radius 2 is 1.47 bits per heavy atom. The van der Waals surface area contributed by atoms with Crippen LogP contribution in [0.4, 0.5) is 0 Å². The van der Waals surface area contributed by atoms with Crippen molar-refractivity contribution in [1.29, 1.82) is 0 Å². The van der Waals surface area contributed by atoms with Gasteiger partial charge in [0.15, 0.2) is 6.10 Å². The van der Waals surface area contributed by atoms with Crippen molar-refractivity contribution >= 4 is 35.5 Å². The summed E-state index contributed by atoms with van der Waals surface area (Å²) in [6.07, 6.45) is -7.84. The average Bonchev–Trinajstić information content (AvgIpc) is 2.12. The molecule has 0 aliphatic rings. The number of aliphatic hydroxyl groups is 5. The maximum atomic E-state index is 10.1. The predicted octanol–water partition coefficient (Wildman–Crippen LogP) is -4.14. The molecule has 9 heteroatoms. The Balaban J connectivity index is -0.000000720. The minimum atomic E-state index is -2.20. The Bertz CT molecular complexity index is 181. The number of carboxylic acids is 1. The SMILES string of the molecule is O=C(O)[C@H](O)[C@@H](O)[C@H](O)[C@H](O)CO.[Mn].[NaH]. The van der Waals surface area contributed by atoms with E-state index < -0.39 is 37.0 Å². The van der Waals surface area contributed by atoms with E-state index in [0.717, 1.165) is 0 Å². The first kappa shape index (κ1) is 21.1. The summed E-state index contributed by atoms with van der Waals surface area (Å²) in [5.74, 6) is -1.73. The summed E-state index contributed by atoms with van der Waals surface area (Å²) < 4.78 is 0. The van der Waals surface area contributed by atoms with Crippen LogP contribution in [-0.4, -0.2) is 97.2 Å². The van der Waals surface area contributed by atoms with E-state index in [1.54, 1.807) is 0 Å². The number of aliphatic carboxylic acids is 1. The summed E-state index contributed by atoms with van der Waals surface area (Å²) in [5.41, 5.74) is 0. The first-order valence-corrected chi connectivity index (χ1v) is 3.47. The number of carboxylic acid groups (broad SMARTS) is 1. The third-order valence-electron chi connectivity index (χ3n) is 1.51. The zero-order chi connectivity index (χ0) is 10.6. The van der Waals surface area contributed by atoms with Gasteiger partial charge in [0.05, 0.1) is 6.61 Å². The van der Waals surface area contributed by atoms with Gasteiger partial charge in [-0.1, -0.05) is 0 Å². The standard InChI is InChI=1S/C6H12O7.Mn.Na.H/c7-1-2(8)3(9)4(10)5(11)6(12)13;;;/h2-5,7-11H,1H2,(H,12,13);;;/t2-,3-,4+,5-;;;/m1.../s1. The summed E-state index contributed by atoms with van der Waals surface area (Å²) in [5, 5.41) is 51.8.